The van der Waals surface area contributed by atoms with Crippen LogP contribution in [0.2, 0.25) is 0 Å². The Bertz CT molecular complexity index is 623. The van der Waals surface area contributed by atoms with Crippen molar-refractivity contribution in [3.05, 3.63) is 66.0 Å². The van der Waals surface area contributed by atoms with Crippen molar-refractivity contribution in [3.8, 4) is 0 Å². The Morgan fingerprint density at radius 1 is 0.842 bits per heavy atom. The third kappa shape index (κ3) is 3.44. The van der Waals surface area contributed by atoms with Gasteiger partial charge in [0.15, 0.2) is 0 Å². The van der Waals surface area contributed by atoms with Gasteiger partial charge in [-0.2, -0.15) is 0 Å². The molecule has 0 aromatic heterocycles. The minimum absolute atomic E-state index is 0.177. The van der Waals surface area contributed by atoms with Crippen molar-refractivity contribution in [2.75, 3.05) is 0 Å². The van der Waals surface area contributed by atoms with E-state index in [0.717, 1.165) is 24.5 Å². The summed E-state index contributed by atoms with van der Waals surface area (Å²) in [6, 6.07) is 10.3. The van der Waals surface area contributed by atoms with Gasteiger partial charge in [-0.15, -0.1) is 11.6 Å². The molecule has 4 heteroatoms. The van der Waals surface area contributed by atoms with Crippen molar-refractivity contribution in [2.45, 2.75) is 19.2 Å². The molecule has 100 valence electrons. The SMILES string of the molecule is Cc1cc(Br)c(C(Cl)c2cc(Br)ccc2C)cc1Br. The highest BCUT2D eigenvalue weighted by molar-refractivity contribution is 9.11. The lowest BCUT2D eigenvalue weighted by Gasteiger charge is -2.16. The fourth-order valence-electron chi connectivity index (χ4n) is 1.91. The Morgan fingerprint density at radius 3 is 2.21 bits per heavy atom. The van der Waals surface area contributed by atoms with Crippen molar-refractivity contribution < 1.29 is 0 Å². The fourth-order valence-corrected chi connectivity index (χ4v) is 3.88. The number of hydrogen-bond acceptors (Lipinski definition) is 0. The van der Waals surface area contributed by atoms with Crippen LogP contribution in [0.15, 0.2) is 43.7 Å². The Balaban J connectivity index is 2.52. The standard InChI is InChI=1S/C15H12Br3Cl/c1-8-3-4-10(16)6-11(8)15(19)12-7-13(17)9(2)5-14(12)18/h3-7,15H,1-2H3. The quantitative estimate of drug-likeness (QED) is 0.421. The molecule has 0 nitrogen and oxygen atoms in total. The minimum atomic E-state index is -0.177. The van der Waals surface area contributed by atoms with E-state index in [9.17, 15) is 0 Å². The zero-order valence-corrected chi connectivity index (χ0v) is 16.0. The van der Waals surface area contributed by atoms with Crippen LogP contribution in [0.3, 0.4) is 0 Å². The van der Waals surface area contributed by atoms with E-state index in [2.05, 4.69) is 85.9 Å². The number of halogens is 4. The van der Waals surface area contributed by atoms with Gasteiger partial charge in [0.2, 0.25) is 0 Å². The number of aryl methyl sites for hydroxylation is 2. The lowest BCUT2D eigenvalue weighted by Crippen LogP contribution is -1.98. The first-order valence-corrected chi connectivity index (χ1v) is 8.57. The van der Waals surface area contributed by atoms with Crippen LogP contribution in [0, 0.1) is 13.8 Å². The highest BCUT2D eigenvalue weighted by Gasteiger charge is 2.17. The van der Waals surface area contributed by atoms with Gasteiger partial charge in [-0.25, -0.2) is 0 Å². The summed E-state index contributed by atoms with van der Waals surface area (Å²) in [6.45, 7) is 4.14. The van der Waals surface area contributed by atoms with E-state index in [-0.39, 0.29) is 5.38 Å². The molecular formula is C15H12Br3Cl. The van der Waals surface area contributed by atoms with Crippen LogP contribution in [-0.2, 0) is 0 Å². The first-order valence-electron chi connectivity index (χ1n) is 5.76. The maximum atomic E-state index is 6.67. The van der Waals surface area contributed by atoms with Gasteiger partial charge in [0.25, 0.3) is 0 Å². The average Bonchev–Trinajstić information content (AvgIpc) is 2.36. The molecule has 0 aliphatic heterocycles. The van der Waals surface area contributed by atoms with Gasteiger partial charge >= 0.3 is 0 Å². The van der Waals surface area contributed by atoms with Gasteiger partial charge in [-0.1, -0.05) is 53.9 Å². The fraction of sp³-hybridized carbons (Fsp3) is 0.200. The van der Waals surface area contributed by atoms with Crippen LogP contribution in [0.5, 0.6) is 0 Å². The van der Waals surface area contributed by atoms with E-state index in [1.54, 1.807) is 0 Å². The summed E-state index contributed by atoms with van der Waals surface area (Å²) in [5.41, 5.74) is 4.56. The highest BCUT2D eigenvalue weighted by atomic mass is 79.9. The second-order valence-corrected chi connectivity index (χ2v) is 7.55. The summed E-state index contributed by atoms with van der Waals surface area (Å²) in [7, 11) is 0. The molecule has 0 radical (unpaired) electrons. The molecule has 1 unspecified atom stereocenters. The number of alkyl halides is 1. The van der Waals surface area contributed by atoms with Crippen molar-refractivity contribution in [1.29, 1.82) is 0 Å². The Hall–Kier alpha value is 0.170. The molecule has 1 atom stereocenters. The van der Waals surface area contributed by atoms with E-state index in [0.29, 0.717) is 0 Å². The lowest BCUT2D eigenvalue weighted by molar-refractivity contribution is 1.09. The molecule has 0 aliphatic carbocycles. The molecule has 0 saturated carbocycles. The zero-order chi connectivity index (χ0) is 14.2. The van der Waals surface area contributed by atoms with Crippen molar-refractivity contribution in [2.24, 2.45) is 0 Å². The first-order chi connectivity index (χ1) is 8.90. The second-order valence-electron chi connectivity index (χ2n) is 4.49. The van der Waals surface area contributed by atoms with Crippen LogP contribution in [0.4, 0.5) is 0 Å². The predicted molar refractivity (Wildman–Crippen MR) is 93.2 cm³/mol. The smallest absolute Gasteiger partial charge is 0.0849 e. The summed E-state index contributed by atoms with van der Waals surface area (Å²) in [6.07, 6.45) is 0. The largest absolute Gasteiger partial charge is 0.113 e. The maximum Gasteiger partial charge on any atom is 0.0849 e. The van der Waals surface area contributed by atoms with Crippen molar-refractivity contribution in [1.82, 2.24) is 0 Å². The van der Waals surface area contributed by atoms with E-state index >= 15 is 0 Å². The van der Waals surface area contributed by atoms with E-state index in [4.69, 9.17) is 11.6 Å². The van der Waals surface area contributed by atoms with Gasteiger partial charge in [0, 0.05) is 13.4 Å². The van der Waals surface area contributed by atoms with Crippen molar-refractivity contribution in [3.63, 3.8) is 0 Å². The van der Waals surface area contributed by atoms with Gasteiger partial charge in [0.05, 0.1) is 5.38 Å². The van der Waals surface area contributed by atoms with Gasteiger partial charge in [-0.05, 0) is 60.4 Å². The number of benzene rings is 2. The topological polar surface area (TPSA) is 0 Å². The average molecular weight is 467 g/mol. The summed E-state index contributed by atoms with van der Waals surface area (Å²) in [5, 5.41) is -0.177. The third-order valence-corrected chi connectivity index (χ3v) is 5.57. The van der Waals surface area contributed by atoms with Crippen molar-refractivity contribution >= 4 is 59.4 Å². The molecule has 2 rings (SSSR count). The Morgan fingerprint density at radius 2 is 1.53 bits per heavy atom. The maximum absolute atomic E-state index is 6.67. The molecule has 2 aromatic rings. The van der Waals surface area contributed by atoms with Crippen LogP contribution >= 0.6 is 59.4 Å². The lowest BCUT2D eigenvalue weighted by atomic mass is 9.99. The summed E-state index contributed by atoms with van der Waals surface area (Å²) in [4.78, 5) is 0. The highest BCUT2D eigenvalue weighted by Crippen LogP contribution is 2.38. The molecule has 0 amide bonds. The zero-order valence-electron chi connectivity index (χ0n) is 10.5. The van der Waals surface area contributed by atoms with Crippen LogP contribution in [-0.4, -0.2) is 0 Å². The monoisotopic (exact) mass is 464 g/mol. The second kappa shape index (κ2) is 6.30. The molecule has 19 heavy (non-hydrogen) atoms. The van der Waals surface area contributed by atoms with E-state index < -0.39 is 0 Å². The van der Waals surface area contributed by atoms with Gasteiger partial charge < -0.3 is 0 Å². The number of hydrogen-bond donors (Lipinski definition) is 0. The molecule has 0 bridgehead atoms. The molecule has 0 N–H and O–H groups in total. The summed E-state index contributed by atoms with van der Waals surface area (Å²) in [5.74, 6) is 0. The summed E-state index contributed by atoms with van der Waals surface area (Å²) >= 11 is 17.3. The molecule has 2 aromatic carbocycles. The van der Waals surface area contributed by atoms with Crippen LogP contribution < -0.4 is 0 Å². The summed E-state index contributed by atoms with van der Waals surface area (Å²) < 4.78 is 3.15. The molecule has 0 fully saturated rings. The van der Waals surface area contributed by atoms with Crippen LogP contribution in [0.1, 0.15) is 27.6 Å². The predicted octanol–water partition coefficient (Wildman–Crippen LogP) is 6.92. The molecule has 0 saturated heterocycles. The first kappa shape index (κ1) is 15.6. The van der Waals surface area contributed by atoms with E-state index in [1.807, 2.05) is 6.07 Å². The van der Waals surface area contributed by atoms with Crippen LogP contribution in [0.25, 0.3) is 0 Å². The molecular weight excluding hydrogens is 455 g/mol. The normalized spacial score (nSPS) is 12.5. The van der Waals surface area contributed by atoms with Gasteiger partial charge in [-0.3, -0.25) is 0 Å². The minimum Gasteiger partial charge on any atom is -0.113 e. The van der Waals surface area contributed by atoms with Gasteiger partial charge in [0.1, 0.15) is 0 Å². The van der Waals surface area contributed by atoms with E-state index in [1.165, 1.54) is 11.1 Å². The Labute approximate surface area is 143 Å². The molecule has 0 aliphatic rings. The Kier molecular flexibility index (Phi) is 5.15. The molecule has 0 heterocycles. The molecule has 0 spiro atoms. The third-order valence-electron chi connectivity index (χ3n) is 3.07. The number of rotatable bonds is 2.